The molecule has 1 N–H and O–H groups in total. The molecule has 0 bridgehead atoms. The van der Waals surface area contributed by atoms with E-state index in [0.29, 0.717) is 22.8 Å². The molecule has 3 aromatic heterocycles. The molecule has 4 aromatic rings. The predicted molar refractivity (Wildman–Crippen MR) is 138 cm³/mol. The van der Waals surface area contributed by atoms with Crippen LogP contribution < -0.4 is 5.56 Å². The van der Waals surface area contributed by atoms with Gasteiger partial charge in [0.05, 0.1) is 6.04 Å². The molecule has 1 aliphatic heterocycles. The van der Waals surface area contributed by atoms with Gasteiger partial charge in [-0.1, -0.05) is 6.92 Å². The summed E-state index contributed by atoms with van der Waals surface area (Å²) in [6, 6.07) is 4.58. The van der Waals surface area contributed by atoms with Crippen LogP contribution in [0.5, 0.6) is 5.88 Å². The largest absolute Gasteiger partial charge is 0.493 e. The van der Waals surface area contributed by atoms with Crippen LogP contribution in [0.2, 0.25) is 0 Å². The number of aryl methyl sites for hydroxylation is 1. The third-order valence-electron chi connectivity index (χ3n) is 6.73. The summed E-state index contributed by atoms with van der Waals surface area (Å²) >= 11 is 1.18. The Labute approximate surface area is 225 Å². The number of aromatic nitrogens is 4. The van der Waals surface area contributed by atoms with Crippen molar-refractivity contribution in [2.75, 3.05) is 13.1 Å². The molecule has 1 fully saturated rings. The molecule has 2 atom stereocenters. The fourth-order valence-corrected chi connectivity index (χ4v) is 5.71. The van der Waals surface area contributed by atoms with Crippen molar-refractivity contribution in [2.24, 2.45) is 0 Å². The lowest BCUT2D eigenvalue weighted by Gasteiger charge is -2.24. The third-order valence-corrected chi connectivity index (χ3v) is 7.68. The molecule has 0 radical (unpaired) electrons. The summed E-state index contributed by atoms with van der Waals surface area (Å²) in [7, 11) is 0. The number of hydrogen-bond donors (Lipinski definition) is 1. The van der Waals surface area contributed by atoms with Gasteiger partial charge in [0.25, 0.3) is 11.5 Å². The number of halogens is 3. The first kappa shape index (κ1) is 26.5. The number of nitrogens with zero attached hydrogens (tertiary/aromatic N) is 5. The van der Waals surface area contributed by atoms with Gasteiger partial charge in [-0.05, 0) is 49.6 Å². The van der Waals surface area contributed by atoms with Crippen LogP contribution in [0, 0.1) is 24.4 Å². The van der Waals surface area contributed by atoms with Gasteiger partial charge in [0.2, 0.25) is 5.88 Å². The van der Waals surface area contributed by atoms with Crippen molar-refractivity contribution >= 4 is 17.2 Å². The van der Waals surface area contributed by atoms with E-state index in [1.807, 2.05) is 0 Å². The highest BCUT2D eigenvalue weighted by Crippen LogP contribution is 2.32. The van der Waals surface area contributed by atoms with E-state index in [1.165, 1.54) is 39.1 Å². The molecule has 5 rings (SSSR count). The van der Waals surface area contributed by atoms with Gasteiger partial charge >= 0.3 is 0 Å². The molecular formula is C27H24F3N5O3S. The van der Waals surface area contributed by atoms with Gasteiger partial charge in [-0.15, -0.1) is 11.3 Å². The highest BCUT2D eigenvalue weighted by Gasteiger charge is 2.34. The summed E-state index contributed by atoms with van der Waals surface area (Å²) in [5, 5.41) is 12.9. The summed E-state index contributed by atoms with van der Waals surface area (Å²) in [5.74, 6) is -3.87. The highest BCUT2D eigenvalue weighted by molar-refractivity contribution is 7.13. The van der Waals surface area contributed by atoms with Gasteiger partial charge in [0.15, 0.2) is 16.4 Å². The fourth-order valence-electron chi connectivity index (χ4n) is 4.93. The van der Waals surface area contributed by atoms with E-state index in [-0.39, 0.29) is 36.8 Å². The number of carbonyl (C=O) groups is 1. The lowest BCUT2D eigenvalue weighted by molar-refractivity contribution is 0.0784. The standard InChI is InChI=1S/C27H24F3N5O3S/c1-3-21(16-8-18(29)10-19(30)9-16)35-23(25-32-14(2)13-39-25)33-24(36)22(27(35)38)26(37)34-7-5-15(12-34)20-11-17(28)4-6-31-20/h4,6,8-11,13,15,21,36H,3,5,7,12H2,1-2H3/t15?,21-/m0/s1. The summed E-state index contributed by atoms with van der Waals surface area (Å²) in [5.41, 5.74) is -0.126. The zero-order chi connectivity index (χ0) is 27.8. The Morgan fingerprint density at radius 1 is 1.15 bits per heavy atom. The number of hydrogen-bond acceptors (Lipinski definition) is 7. The minimum Gasteiger partial charge on any atom is -0.493 e. The number of benzene rings is 1. The van der Waals surface area contributed by atoms with Crippen molar-refractivity contribution in [3.05, 3.63) is 92.2 Å². The highest BCUT2D eigenvalue weighted by atomic mass is 32.1. The average molecular weight is 556 g/mol. The second-order valence-corrected chi connectivity index (χ2v) is 10.2. The first-order valence-electron chi connectivity index (χ1n) is 12.3. The molecule has 4 heterocycles. The zero-order valence-corrected chi connectivity index (χ0v) is 21.9. The van der Waals surface area contributed by atoms with Crippen LogP contribution in [0.3, 0.4) is 0 Å². The Morgan fingerprint density at radius 3 is 2.54 bits per heavy atom. The first-order valence-corrected chi connectivity index (χ1v) is 13.2. The molecule has 8 nitrogen and oxygen atoms in total. The smallest absolute Gasteiger partial charge is 0.271 e. The molecule has 0 aliphatic carbocycles. The average Bonchev–Trinajstić information content (AvgIpc) is 3.55. The Balaban J connectivity index is 1.61. The monoisotopic (exact) mass is 555 g/mol. The second kappa shape index (κ2) is 10.6. The minimum atomic E-state index is -0.913. The number of amides is 1. The Kier molecular flexibility index (Phi) is 7.21. The second-order valence-electron chi connectivity index (χ2n) is 9.37. The molecule has 1 unspecified atom stereocenters. The summed E-state index contributed by atoms with van der Waals surface area (Å²) in [6.07, 6.45) is 2.06. The summed E-state index contributed by atoms with van der Waals surface area (Å²) < 4.78 is 43.2. The Hall–Kier alpha value is -4.06. The normalized spacial score (nSPS) is 16.0. The van der Waals surface area contributed by atoms with Gasteiger partial charge in [0, 0.05) is 48.0 Å². The molecule has 1 saturated heterocycles. The van der Waals surface area contributed by atoms with Crippen molar-refractivity contribution in [3.8, 4) is 16.7 Å². The third kappa shape index (κ3) is 5.16. The molecule has 1 aliphatic rings. The summed E-state index contributed by atoms with van der Waals surface area (Å²) in [6.45, 7) is 3.88. The van der Waals surface area contributed by atoms with Gasteiger partial charge in [0.1, 0.15) is 17.5 Å². The van der Waals surface area contributed by atoms with Crippen LogP contribution >= 0.6 is 11.3 Å². The van der Waals surface area contributed by atoms with Gasteiger partial charge < -0.3 is 10.0 Å². The van der Waals surface area contributed by atoms with Gasteiger partial charge in [-0.2, -0.15) is 4.98 Å². The maximum absolute atomic E-state index is 14.2. The molecule has 1 amide bonds. The van der Waals surface area contributed by atoms with E-state index in [0.717, 1.165) is 18.2 Å². The van der Waals surface area contributed by atoms with E-state index in [9.17, 15) is 27.9 Å². The van der Waals surface area contributed by atoms with Gasteiger partial charge in [-0.3, -0.25) is 19.1 Å². The topological polar surface area (TPSA) is 101 Å². The van der Waals surface area contributed by atoms with Gasteiger partial charge in [-0.25, -0.2) is 18.2 Å². The lowest BCUT2D eigenvalue weighted by atomic mass is 10.0. The molecule has 0 spiro atoms. The number of pyridine rings is 1. The quantitative estimate of drug-likeness (QED) is 0.366. The van der Waals surface area contributed by atoms with Crippen molar-refractivity contribution in [3.63, 3.8) is 0 Å². The summed E-state index contributed by atoms with van der Waals surface area (Å²) in [4.78, 5) is 41.7. The maximum atomic E-state index is 14.2. The van der Waals surface area contributed by atoms with Crippen LogP contribution in [-0.2, 0) is 0 Å². The lowest BCUT2D eigenvalue weighted by Crippen LogP contribution is -2.38. The van der Waals surface area contributed by atoms with Crippen LogP contribution in [-0.4, -0.2) is 48.5 Å². The van der Waals surface area contributed by atoms with Crippen molar-refractivity contribution in [2.45, 2.75) is 38.6 Å². The van der Waals surface area contributed by atoms with Crippen LogP contribution in [0.1, 0.15) is 59.0 Å². The molecule has 39 heavy (non-hydrogen) atoms. The number of aromatic hydroxyl groups is 1. The molecule has 1 aromatic carbocycles. The molecular weight excluding hydrogens is 531 g/mol. The molecule has 0 saturated carbocycles. The van der Waals surface area contributed by atoms with Crippen LogP contribution in [0.4, 0.5) is 13.2 Å². The zero-order valence-electron chi connectivity index (χ0n) is 21.1. The van der Waals surface area contributed by atoms with E-state index in [2.05, 4.69) is 15.0 Å². The van der Waals surface area contributed by atoms with Crippen molar-refractivity contribution in [1.82, 2.24) is 24.4 Å². The van der Waals surface area contributed by atoms with Crippen LogP contribution in [0.25, 0.3) is 10.8 Å². The number of carbonyl (C=O) groups excluding carboxylic acids is 1. The van der Waals surface area contributed by atoms with Crippen molar-refractivity contribution in [1.29, 1.82) is 0 Å². The number of likely N-dealkylation sites (tertiary alicyclic amines) is 1. The SMILES string of the molecule is CC[C@@H](c1cc(F)cc(F)c1)n1c(-c2nc(C)cs2)nc(O)c(C(=O)N2CCC(c3cc(F)ccn3)C2)c1=O. The Morgan fingerprint density at radius 2 is 1.90 bits per heavy atom. The predicted octanol–water partition coefficient (Wildman–Crippen LogP) is 4.82. The number of thiazole rings is 1. The van der Waals surface area contributed by atoms with E-state index in [4.69, 9.17) is 0 Å². The maximum Gasteiger partial charge on any atom is 0.271 e. The minimum absolute atomic E-state index is 0.0214. The van der Waals surface area contributed by atoms with E-state index >= 15 is 0 Å². The molecule has 12 heteroatoms. The number of rotatable bonds is 6. The van der Waals surface area contributed by atoms with Crippen LogP contribution in [0.15, 0.2) is 46.7 Å². The Bertz CT molecular complexity index is 1600. The molecule has 202 valence electrons. The van der Waals surface area contributed by atoms with E-state index in [1.54, 1.807) is 19.2 Å². The fraction of sp³-hybridized carbons (Fsp3) is 0.296. The van der Waals surface area contributed by atoms with E-state index < -0.39 is 46.4 Å². The van der Waals surface area contributed by atoms with Crippen molar-refractivity contribution < 1.29 is 23.1 Å². The first-order chi connectivity index (χ1) is 18.7.